The molecule has 0 unspecified atom stereocenters. The van der Waals surface area contributed by atoms with Crippen molar-refractivity contribution in [1.82, 2.24) is 19.8 Å². The van der Waals surface area contributed by atoms with Crippen LogP contribution in [0.25, 0.3) is 0 Å². The molecular weight excluding hydrogens is 402 g/mol. The first-order valence-corrected chi connectivity index (χ1v) is 12.3. The van der Waals surface area contributed by atoms with Crippen LogP contribution in [0.4, 0.5) is 0 Å². The van der Waals surface area contributed by atoms with Gasteiger partial charge in [0.15, 0.2) is 5.96 Å². The van der Waals surface area contributed by atoms with Crippen LogP contribution in [0.15, 0.2) is 29.3 Å². The van der Waals surface area contributed by atoms with E-state index in [1.807, 2.05) is 31.2 Å². The summed E-state index contributed by atoms with van der Waals surface area (Å²) >= 11 is 0. The molecule has 168 valence electrons. The SMILES string of the molecule is CCNC(=NCC1CCN(S(C)(=O)=O)CC1)NCCc1cccc(C(=O)N(C)C)c1. The zero-order valence-corrected chi connectivity index (χ0v) is 19.3. The molecule has 0 aromatic heterocycles. The third-order valence-corrected chi connectivity index (χ3v) is 6.48. The molecule has 1 aliphatic heterocycles. The van der Waals surface area contributed by atoms with Crippen LogP contribution in [-0.2, 0) is 16.4 Å². The topological polar surface area (TPSA) is 94.1 Å². The standard InChI is InChI=1S/C21H35N5O3S/c1-5-22-21(24-16-18-10-13-26(14-11-18)30(4,28)29)23-12-9-17-7-6-8-19(15-17)20(27)25(2)3/h6-8,15,18H,5,9-14,16H2,1-4H3,(H2,22,23,24). The van der Waals surface area contributed by atoms with E-state index in [0.29, 0.717) is 37.7 Å². The smallest absolute Gasteiger partial charge is 0.253 e. The highest BCUT2D eigenvalue weighted by atomic mass is 32.2. The van der Waals surface area contributed by atoms with Crippen molar-refractivity contribution in [1.29, 1.82) is 0 Å². The predicted octanol–water partition coefficient (Wildman–Crippen LogP) is 1.16. The molecule has 0 saturated carbocycles. The van der Waals surface area contributed by atoms with Gasteiger partial charge in [0.2, 0.25) is 10.0 Å². The van der Waals surface area contributed by atoms with E-state index in [1.165, 1.54) is 6.26 Å². The number of carbonyl (C=O) groups excluding carboxylic acids is 1. The Balaban J connectivity index is 1.85. The lowest BCUT2D eigenvalue weighted by Gasteiger charge is -2.29. The van der Waals surface area contributed by atoms with Crippen molar-refractivity contribution in [3.63, 3.8) is 0 Å². The van der Waals surface area contributed by atoms with Crippen LogP contribution >= 0.6 is 0 Å². The van der Waals surface area contributed by atoms with E-state index in [-0.39, 0.29) is 5.91 Å². The summed E-state index contributed by atoms with van der Waals surface area (Å²) in [6, 6.07) is 7.70. The number of sulfonamides is 1. The van der Waals surface area contributed by atoms with Gasteiger partial charge in [-0.25, -0.2) is 12.7 Å². The Morgan fingerprint density at radius 2 is 1.93 bits per heavy atom. The van der Waals surface area contributed by atoms with Crippen LogP contribution in [0.3, 0.4) is 0 Å². The Bertz CT molecular complexity index is 831. The molecule has 0 radical (unpaired) electrons. The van der Waals surface area contributed by atoms with Crippen molar-refractivity contribution in [3.8, 4) is 0 Å². The quantitative estimate of drug-likeness (QED) is 0.470. The maximum Gasteiger partial charge on any atom is 0.253 e. The average molecular weight is 438 g/mol. The zero-order chi connectivity index (χ0) is 22.1. The summed E-state index contributed by atoms with van der Waals surface area (Å²) in [6.45, 7) is 5.33. The molecule has 2 rings (SSSR count). The third kappa shape index (κ3) is 7.60. The molecule has 0 aliphatic carbocycles. The van der Waals surface area contributed by atoms with Crippen molar-refractivity contribution in [2.75, 3.05) is 53.1 Å². The first-order valence-electron chi connectivity index (χ1n) is 10.5. The maximum atomic E-state index is 12.1. The lowest BCUT2D eigenvalue weighted by atomic mass is 9.98. The second kappa shape index (κ2) is 11.3. The highest BCUT2D eigenvalue weighted by Gasteiger charge is 2.24. The van der Waals surface area contributed by atoms with Gasteiger partial charge in [-0.2, -0.15) is 0 Å². The number of rotatable bonds is 8. The van der Waals surface area contributed by atoms with E-state index in [1.54, 1.807) is 23.3 Å². The van der Waals surface area contributed by atoms with E-state index in [9.17, 15) is 13.2 Å². The minimum atomic E-state index is -3.09. The van der Waals surface area contributed by atoms with Crippen molar-refractivity contribution < 1.29 is 13.2 Å². The van der Waals surface area contributed by atoms with Crippen molar-refractivity contribution in [2.45, 2.75) is 26.2 Å². The number of guanidine groups is 1. The molecule has 1 aromatic rings. The van der Waals surface area contributed by atoms with E-state index in [2.05, 4.69) is 10.6 Å². The van der Waals surface area contributed by atoms with E-state index < -0.39 is 10.0 Å². The van der Waals surface area contributed by atoms with Crippen LogP contribution in [0.5, 0.6) is 0 Å². The van der Waals surface area contributed by atoms with Gasteiger partial charge in [0.05, 0.1) is 6.26 Å². The fourth-order valence-corrected chi connectivity index (χ4v) is 4.30. The molecule has 1 amide bonds. The van der Waals surface area contributed by atoms with Crippen molar-refractivity contribution >= 4 is 21.9 Å². The Kier molecular flexibility index (Phi) is 9.10. The number of amides is 1. The molecule has 1 aliphatic rings. The molecule has 1 saturated heterocycles. The normalized spacial score (nSPS) is 16.3. The molecule has 0 spiro atoms. The Morgan fingerprint density at radius 3 is 2.53 bits per heavy atom. The summed E-state index contributed by atoms with van der Waals surface area (Å²) in [4.78, 5) is 18.4. The monoisotopic (exact) mass is 437 g/mol. The van der Waals surface area contributed by atoms with Gasteiger partial charge >= 0.3 is 0 Å². The molecule has 8 nitrogen and oxygen atoms in total. The number of carbonyl (C=O) groups is 1. The summed E-state index contributed by atoms with van der Waals surface area (Å²) < 4.78 is 24.8. The average Bonchev–Trinajstić information content (AvgIpc) is 2.71. The van der Waals surface area contributed by atoms with Crippen LogP contribution in [0, 0.1) is 5.92 Å². The second-order valence-electron chi connectivity index (χ2n) is 7.90. The highest BCUT2D eigenvalue weighted by molar-refractivity contribution is 7.88. The first kappa shape index (κ1) is 24.1. The number of aliphatic imine (C=N–C) groups is 1. The summed E-state index contributed by atoms with van der Waals surface area (Å²) in [5, 5.41) is 6.61. The van der Waals surface area contributed by atoms with Crippen LogP contribution < -0.4 is 10.6 Å². The number of benzene rings is 1. The van der Waals surface area contributed by atoms with Gasteiger partial charge in [-0.05, 0) is 49.8 Å². The summed E-state index contributed by atoms with van der Waals surface area (Å²) in [5.41, 5.74) is 1.79. The number of hydrogen-bond donors (Lipinski definition) is 2. The first-order chi connectivity index (χ1) is 14.2. The fourth-order valence-electron chi connectivity index (χ4n) is 3.43. The van der Waals surface area contributed by atoms with Gasteiger partial charge in [0, 0.05) is 52.4 Å². The second-order valence-corrected chi connectivity index (χ2v) is 9.88. The van der Waals surface area contributed by atoms with Crippen molar-refractivity contribution in [2.24, 2.45) is 10.9 Å². The Morgan fingerprint density at radius 1 is 1.23 bits per heavy atom. The number of piperidine rings is 1. The number of nitrogens with one attached hydrogen (secondary N) is 2. The summed E-state index contributed by atoms with van der Waals surface area (Å²) in [6.07, 6.45) is 3.72. The molecule has 0 bridgehead atoms. The largest absolute Gasteiger partial charge is 0.357 e. The Hall–Kier alpha value is -2.13. The zero-order valence-electron chi connectivity index (χ0n) is 18.5. The minimum Gasteiger partial charge on any atom is -0.357 e. The molecule has 1 heterocycles. The van der Waals surface area contributed by atoms with Gasteiger partial charge in [-0.1, -0.05) is 12.1 Å². The molecule has 30 heavy (non-hydrogen) atoms. The highest BCUT2D eigenvalue weighted by Crippen LogP contribution is 2.19. The van der Waals surface area contributed by atoms with Crippen molar-refractivity contribution in [3.05, 3.63) is 35.4 Å². The fraction of sp³-hybridized carbons (Fsp3) is 0.619. The summed E-state index contributed by atoms with van der Waals surface area (Å²) in [5.74, 6) is 1.16. The van der Waals surface area contributed by atoms with Gasteiger partial charge in [0.1, 0.15) is 0 Å². The summed E-state index contributed by atoms with van der Waals surface area (Å²) in [7, 11) is 0.410. The minimum absolute atomic E-state index is 0.00151. The van der Waals surface area contributed by atoms with E-state index >= 15 is 0 Å². The predicted molar refractivity (Wildman–Crippen MR) is 121 cm³/mol. The van der Waals surface area contributed by atoms with Gasteiger partial charge in [-0.3, -0.25) is 9.79 Å². The number of nitrogens with zero attached hydrogens (tertiary/aromatic N) is 3. The third-order valence-electron chi connectivity index (χ3n) is 5.18. The number of hydrogen-bond acceptors (Lipinski definition) is 4. The molecule has 1 fully saturated rings. The lowest BCUT2D eigenvalue weighted by molar-refractivity contribution is 0.0827. The molecule has 1 aromatic carbocycles. The Labute approximate surface area is 180 Å². The molecular formula is C21H35N5O3S. The van der Waals surface area contributed by atoms with Gasteiger partial charge in [0.25, 0.3) is 5.91 Å². The van der Waals surface area contributed by atoms with Crippen LogP contribution in [0.2, 0.25) is 0 Å². The van der Waals surface area contributed by atoms with Gasteiger partial charge in [-0.15, -0.1) is 0 Å². The van der Waals surface area contributed by atoms with Crippen LogP contribution in [0.1, 0.15) is 35.7 Å². The lowest BCUT2D eigenvalue weighted by Crippen LogP contribution is -2.40. The molecule has 2 N–H and O–H groups in total. The van der Waals surface area contributed by atoms with E-state index in [4.69, 9.17) is 4.99 Å². The van der Waals surface area contributed by atoms with Gasteiger partial charge < -0.3 is 15.5 Å². The van der Waals surface area contributed by atoms with E-state index in [0.717, 1.165) is 37.3 Å². The van der Waals surface area contributed by atoms with Crippen LogP contribution in [-0.4, -0.2) is 82.6 Å². The molecule has 0 atom stereocenters. The maximum absolute atomic E-state index is 12.1. The molecule has 9 heteroatoms.